The Morgan fingerprint density at radius 2 is 2.50 bits per heavy atom. The second-order valence-corrected chi connectivity index (χ2v) is 2.58. The lowest BCUT2D eigenvalue weighted by Gasteiger charge is -2.02. The molecule has 0 fully saturated rings. The highest BCUT2D eigenvalue weighted by molar-refractivity contribution is 5.67. The van der Waals surface area contributed by atoms with Gasteiger partial charge in [0.15, 0.2) is 0 Å². The highest BCUT2D eigenvalue weighted by Gasteiger charge is 2.13. The number of carboxylic acids is 1. The fourth-order valence-corrected chi connectivity index (χ4v) is 0.875. The van der Waals surface area contributed by atoms with E-state index in [-0.39, 0.29) is 6.42 Å². The molecular formula is C7H10N2O3. The molecule has 0 aliphatic heterocycles. The number of aromatic nitrogens is 2. The van der Waals surface area contributed by atoms with Crippen LogP contribution < -0.4 is 0 Å². The number of imidazole rings is 1. The largest absolute Gasteiger partial charge is 0.481 e. The molecule has 1 aromatic rings. The fraction of sp³-hybridized carbons (Fsp3) is 0.429. The zero-order valence-electron chi connectivity index (χ0n) is 6.64. The van der Waals surface area contributed by atoms with Gasteiger partial charge in [-0.3, -0.25) is 4.79 Å². The Morgan fingerprint density at radius 3 is 2.92 bits per heavy atom. The van der Waals surface area contributed by atoms with Gasteiger partial charge >= 0.3 is 5.97 Å². The quantitative estimate of drug-likeness (QED) is 0.665. The Kier molecular flexibility index (Phi) is 2.44. The summed E-state index contributed by atoms with van der Waals surface area (Å²) >= 11 is 0. The summed E-state index contributed by atoms with van der Waals surface area (Å²) in [7, 11) is 1.75. The first kappa shape index (κ1) is 8.73. The number of aliphatic hydroxyl groups excluding tert-OH is 1. The zero-order chi connectivity index (χ0) is 9.14. The van der Waals surface area contributed by atoms with Gasteiger partial charge in [-0.05, 0) is 0 Å². The van der Waals surface area contributed by atoms with Gasteiger partial charge in [-0.25, -0.2) is 4.98 Å². The molecule has 0 saturated carbocycles. The van der Waals surface area contributed by atoms with E-state index in [1.807, 2.05) is 0 Å². The Balaban J connectivity index is 2.64. The Labute approximate surface area is 69.3 Å². The molecule has 0 saturated heterocycles. The topological polar surface area (TPSA) is 75.3 Å². The third kappa shape index (κ3) is 2.06. The molecule has 1 atom stereocenters. The molecule has 5 nitrogen and oxygen atoms in total. The number of nitrogens with zero attached hydrogens (tertiary/aromatic N) is 2. The lowest BCUT2D eigenvalue weighted by Crippen LogP contribution is -2.05. The van der Waals surface area contributed by atoms with Crippen molar-refractivity contribution < 1.29 is 15.0 Å². The minimum Gasteiger partial charge on any atom is -0.481 e. The molecule has 1 aromatic heterocycles. The van der Waals surface area contributed by atoms with E-state index in [9.17, 15) is 9.90 Å². The number of hydrogen-bond donors (Lipinski definition) is 2. The number of aliphatic hydroxyl groups is 1. The van der Waals surface area contributed by atoms with Gasteiger partial charge in [0, 0.05) is 13.2 Å². The van der Waals surface area contributed by atoms with Gasteiger partial charge in [0.1, 0.15) is 6.10 Å². The van der Waals surface area contributed by atoms with E-state index < -0.39 is 12.1 Å². The SMILES string of the molecule is Cn1cnc(C(O)CC(=O)O)c1. The van der Waals surface area contributed by atoms with Crippen molar-refractivity contribution in [1.82, 2.24) is 9.55 Å². The van der Waals surface area contributed by atoms with Gasteiger partial charge < -0.3 is 14.8 Å². The van der Waals surface area contributed by atoms with Gasteiger partial charge in [-0.2, -0.15) is 0 Å². The van der Waals surface area contributed by atoms with Crippen LogP contribution in [0.2, 0.25) is 0 Å². The molecule has 0 aromatic carbocycles. The van der Waals surface area contributed by atoms with Crippen LogP contribution in [0.25, 0.3) is 0 Å². The van der Waals surface area contributed by atoms with Crippen molar-refractivity contribution in [3.8, 4) is 0 Å². The molecule has 1 unspecified atom stereocenters. The third-order valence-electron chi connectivity index (χ3n) is 1.43. The van der Waals surface area contributed by atoms with Gasteiger partial charge in [-0.1, -0.05) is 0 Å². The number of aryl methyl sites for hydroxylation is 1. The van der Waals surface area contributed by atoms with Crippen LogP contribution in [0.3, 0.4) is 0 Å². The van der Waals surface area contributed by atoms with Crippen LogP contribution in [0.1, 0.15) is 18.2 Å². The summed E-state index contributed by atoms with van der Waals surface area (Å²) < 4.78 is 1.65. The van der Waals surface area contributed by atoms with Crippen LogP contribution in [0, 0.1) is 0 Å². The molecule has 0 aliphatic carbocycles. The summed E-state index contributed by atoms with van der Waals surface area (Å²) in [6.45, 7) is 0. The molecule has 1 rings (SSSR count). The maximum absolute atomic E-state index is 10.2. The molecule has 0 amide bonds. The first-order valence-electron chi connectivity index (χ1n) is 3.47. The number of aliphatic carboxylic acids is 1. The normalized spacial score (nSPS) is 12.8. The van der Waals surface area contributed by atoms with E-state index in [4.69, 9.17) is 5.11 Å². The van der Waals surface area contributed by atoms with Crippen molar-refractivity contribution in [1.29, 1.82) is 0 Å². The number of carboxylic acid groups (broad SMARTS) is 1. The Morgan fingerprint density at radius 1 is 1.83 bits per heavy atom. The molecule has 0 radical (unpaired) electrons. The number of hydrogen-bond acceptors (Lipinski definition) is 3. The van der Waals surface area contributed by atoms with Crippen LogP contribution >= 0.6 is 0 Å². The predicted molar refractivity (Wildman–Crippen MR) is 40.4 cm³/mol. The van der Waals surface area contributed by atoms with Gasteiger partial charge in [-0.15, -0.1) is 0 Å². The highest BCUT2D eigenvalue weighted by atomic mass is 16.4. The third-order valence-corrected chi connectivity index (χ3v) is 1.43. The van der Waals surface area contributed by atoms with Crippen molar-refractivity contribution in [2.45, 2.75) is 12.5 Å². The van der Waals surface area contributed by atoms with E-state index in [1.165, 1.54) is 6.33 Å². The first-order chi connectivity index (χ1) is 5.59. The maximum atomic E-state index is 10.2. The van der Waals surface area contributed by atoms with E-state index in [0.717, 1.165) is 0 Å². The molecule has 2 N–H and O–H groups in total. The Hall–Kier alpha value is -1.36. The Bertz CT molecular complexity index is 282. The van der Waals surface area contributed by atoms with Crippen molar-refractivity contribution >= 4 is 5.97 Å². The summed E-state index contributed by atoms with van der Waals surface area (Å²) in [6.07, 6.45) is 1.79. The lowest BCUT2D eigenvalue weighted by molar-refractivity contribution is -0.139. The summed E-state index contributed by atoms with van der Waals surface area (Å²) in [4.78, 5) is 14.0. The van der Waals surface area contributed by atoms with Crippen molar-refractivity contribution in [2.75, 3.05) is 0 Å². The second kappa shape index (κ2) is 3.36. The number of rotatable bonds is 3. The van der Waals surface area contributed by atoms with Gasteiger partial charge in [0.25, 0.3) is 0 Å². The van der Waals surface area contributed by atoms with E-state index in [1.54, 1.807) is 17.8 Å². The monoisotopic (exact) mass is 170 g/mol. The smallest absolute Gasteiger partial charge is 0.306 e. The average molecular weight is 170 g/mol. The van der Waals surface area contributed by atoms with Crippen LogP contribution in [0.5, 0.6) is 0 Å². The molecule has 12 heavy (non-hydrogen) atoms. The molecule has 66 valence electrons. The average Bonchev–Trinajstić information content (AvgIpc) is 2.34. The van der Waals surface area contributed by atoms with E-state index in [0.29, 0.717) is 5.69 Å². The van der Waals surface area contributed by atoms with Crippen LogP contribution in [-0.2, 0) is 11.8 Å². The molecule has 1 heterocycles. The maximum Gasteiger partial charge on any atom is 0.306 e. The lowest BCUT2D eigenvalue weighted by atomic mass is 10.2. The first-order valence-corrected chi connectivity index (χ1v) is 3.47. The summed E-state index contributed by atoms with van der Waals surface area (Å²) in [5.74, 6) is -1.03. The minimum absolute atomic E-state index is 0.309. The van der Waals surface area contributed by atoms with Crippen LogP contribution in [0.15, 0.2) is 12.5 Å². The standard InChI is InChI=1S/C7H10N2O3/c1-9-3-5(8-4-9)6(10)2-7(11)12/h3-4,6,10H,2H2,1H3,(H,11,12). The van der Waals surface area contributed by atoms with E-state index >= 15 is 0 Å². The summed E-state index contributed by atoms with van der Waals surface area (Å²) in [5, 5.41) is 17.6. The second-order valence-electron chi connectivity index (χ2n) is 2.58. The molecule has 0 aliphatic rings. The molecule has 5 heteroatoms. The molecular weight excluding hydrogens is 160 g/mol. The van der Waals surface area contributed by atoms with E-state index in [2.05, 4.69) is 4.98 Å². The minimum atomic E-state index is -1.03. The molecule has 0 spiro atoms. The van der Waals surface area contributed by atoms with Crippen molar-refractivity contribution in [3.63, 3.8) is 0 Å². The molecule has 0 bridgehead atoms. The van der Waals surface area contributed by atoms with Crippen molar-refractivity contribution in [2.24, 2.45) is 7.05 Å². The number of carbonyl (C=O) groups is 1. The van der Waals surface area contributed by atoms with Crippen molar-refractivity contribution in [3.05, 3.63) is 18.2 Å². The summed E-state index contributed by atoms with van der Waals surface area (Å²) in [6, 6.07) is 0. The summed E-state index contributed by atoms with van der Waals surface area (Å²) in [5.41, 5.74) is 0.389. The van der Waals surface area contributed by atoms with Gasteiger partial charge in [0.2, 0.25) is 0 Å². The zero-order valence-corrected chi connectivity index (χ0v) is 6.64. The predicted octanol–water partition coefficient (Wildman–Crippen LogP) is -0.0718. The van der Waals surface area contributed by atoms with Gasteiger partial charge in [0.05, 0.1) is 18.4 Å². The van der Waals surface area contributed by atoms with Crippen LogP contribution in [0.4, 0.5) is 0 Å². The fourth-order valence-electron chi connectivity index (χ4n) is 0.875. The highest BCUT2D eigenvalue weighted by Crippen LogP contribution is 2.12. The van der Waals surface area contributed by atoms with Crippen LogP contribution in [-0.4, -0.2) is 25.7 Å².